The van der Waals surface area contributed by atoms with Crippen molar-refractivity contribution in [2.45, 2.75) is 110 Å². The first-order chi connectivity index (χ1) is 24.5. The van der Waals surface area contributed by atoms with Gasteiger partial charge in [0.25, 0.3) is 0 Å². The van der Waals surface area contributed by atoms with Crippen molar-refractivity contribution >= 4 is 45.7 Å². The summed E-state index contributed by atoms with van der Waals surface area (Å²) < 4.78 is 21.7. The van der Waals surface area contributed by atoms with E-state index in [1.54, 1.807) is 19.9 Å². The van der Waals surface area contributed by atoms with Crippen molar-refractivity contribution in [2.75, 3.05) is 31.6 Å². The van der Waals surface area contributed by atoms with Crippen LogP contribution in [-0.2, 0) is 19.1 Å². The van der Waals surface area contributed by atoms with Gasteiger partial charge in [-0.25, -0.2) is 4.39 Å². The lowest BCUT2D eigenvalue weighted by molar-refractivity contribution is -0.217. The molecule has 3 N–H and O–H groups in total. The monoisotopic (exact) mass is 739 g/mol. The maximum absolute atomic E-state index is 16.9. The molecule has 4 aliphatic carbocycles. The summed E-state index contributed by atoms with van der Waals surface area (Å²) >= 11 is 6.04. The van der Waals surface area contributed by atoms with E-state index >= 15 is 4.39 Å². The Balaban J connectivity index is 0.000000212. The maximum Gasteiger partial charge on any atom is 0.303 e. The number of carbonyl (C=O) groups is 3. The summed E-state index contributed by atoms with van der Waals surface area (Å²) in [6.45, 7) is 14.2. The van der Waals surface area contributed by atoms with Crippen molar-refractivity contribution in [1.82, 2.24) is 9.88 Å². The Morgan fingerprint density at radius 1 is 1.17 bits per heavy atom. The molecule has 6 rings (SSSR count). The van der Waals surface area contributed by atoms with Crippen LogP contribution in [0.15, 0.2) is 54.3 Å². The largest absolute Gasteiger partial charge is 0.458 e. The first-order valence-electron chi connectivity index (χ1n) is 18.8. The van der Waals surface area contributed by atoms with Gasteiger partial charge in [-0.3, -0.25) is 19.4 Å². The van der Waals surface area contributed by atoms with E-state index in [9.17, 15) is 24.6 Å². The number of aliphatic hydroxyl groups excluding tert-OH is 1. The molecule has 0 spiro atoms. The number of carbonyl (C=O) groups excluding carboxylic acids is 3. The van der Waals surface area contributed by atoms with E-state index in [1.165, 1.54) is 32.0 Å². The number of hydrogen-bond donors (Lipinski definition) is 3. The minimum absolute atomic E-state index is 0.0857. The quantitative estimate of drug-likeness (QED) is 0.208. The average molecular weight is 740 g/mol. The van der Waals surface area contributed by atoms with Crippen LogP contribution in [0.3, 0.4) is 0 Å². The number of rotatable bonds is 11. The van der Waals surface area contributed by atoms with Gasteiger partial charge in [0, 0.05) is 52.0 Å². The Labute approximate surface area is 312 Å². The Bertz CT molecular complexity index is 1730. The van der Waals surface area contributed by atoms with Crippen LogP contribution < -0.4 is 5.32 Å². The number of aliphatic hydroxyl groups is 2. The highest BCUT2D eigenvalue weighted by atomic mass is 35.5. The van der Waals surface area contributed by atoms with E-state index in [0.717, 1.165) is 41.1 Å². The number of anilines is 1. The summed E-state index contributed by atoms with van der Waals surface area (Å²) in [4.78, 5) is 42.7. The van der Waals surface area contributed by atoms with Crippen molar-refractivity contribution in [1.29, 1.82) is 0 Å². The molecule has 8 atom stereocenters. The Kier molecular flexibility index (Phi) is 12.0. The second kappa shape index (κ2) is 15.7. The number of fused-ring (bicyclic) bond motifs is 6. The number of alkyl halides is 1. The fraction of sp³-hybridized carbons (Fsp3) is 0.610. The van der Waals surface area contributed by atoms with Crippen LogP contribution >= 0.6 is 11.6 Å². The van der Waals surface area contributed by atoms with Crippen LogP contribution in [0.5, 0.6) is 0 Å². The molecule has 9 nitrogen and oxygen atoms in total. The summed E-state index contributed by atoms with van der Waals surface area (Å²) in [5.41, 5.74) is -3.16. The van der Waals surface area contributed by atoms with E-state index < -0.39 is 52.5 Å². The second-order valence-electron chi connectivity index (χ2n) is 15.6. The van der Waals surface area contributed by atoms with E-state index in [-0.39, 0.29) is 24.5 Å². The predicted molar refractivity (Wildman–Crippen MR) is 202 cm³/mol. The van der Waals surface area contributed by atoms with Gasteiger partial charge in [0.15, 0.2) is 18.1 Å². The predicted octanol–water partition coefficient (Wildman–Crippen LogP) is 7.03. The molecule has 0 amide bonds. The third-order valence-electron chi connectivity index (χ3n) is 12.8. The molecular weight excluding hydrogens is 685 g/mol. The summed E-state index contributed by atoms with van der Waals surface area (Å²) in [5, 5.41) is 28.0. The molecule has 0 bridgehead atoms. The van der Waals surface area contributed by atoms with Gasteiger partial charge in [0.2, 0.25) is 5.78 Å². The number of Topliss-reactive ketones (excluding diaryl/α,β-unsaturated/α-hetero) is 1. The van der Waals surface area contributed by atoms with E-state index in [2.05, 4.69) is 36.0 Å². The average Bonchev–Trinajstić information content (AvgIpc) is 3.37. The molecule has 2 aromatic rings. The zero-order valence-electron chi connectivity index (χ0n) is 31.4. The van der Waals surface area contributed by atoms with Crippen LogP contribution in [0.25, 0.3) is 10.9 Å². The van der Waals surface area contributed by atoms with Crippen molar-refractivity contribution in [2.24, 2.45) is 22.7 Å². The summed E-state index contributed by atoms with van der Waals surface area (Å²) in [6, 6.07) is 8.35. The van der Waals surface area contributed by atoms with Crippen LogP contribution in [0.2, 0.25) is 5.02 Å². The van der Waals surface area contributed by atoms with Gasteiger partial charge in [-0.15, -0.1) is 0 Å². The highest BCUT2D eigenvalue weighted by Crippen LogP contribution is 2.69. The standard InChI is InChI=1S/C23H29FO6.C18H26ClN3/c1-13(25)30-12-19(28)22(29)9-7-16-17-5-4-14-10-15(26)6-8-20(14,2)23(17,24)18(27)11-21(16,22)3;1-4-22(5-2)12-6-7-14(3)21-17-10-11-20-18-13-15(19)8-9-16(17)18/h6,8,10,16-18,27,29H,4-5,7,9,11-12H2,1-3H3;8-11,13-14H,4-7,12H2,1-3H3,(H,20,21)/t16-,17-,18-,20-,21-,22-,23-;/m0./s1. The first kappa shape index (κ1) is 40.0. The molecule has 3 fully saturated rings. The zero-order valence-corrected chi connectivity index (χ0v) is 32.1. The van der Waals surface area contributed by atoms with Gasteiger partial charge < -0.3 is 25.2 Å². The number of aromatic nitrogens is 1. The van der Waals surface area contributed by atoms with Crippen LogP contribution in [0, 0.1) is 22.7 Å². The smallest absolute Gasteiger partial charge is 0.303 e. The summed E-state index contributed by atoms with van der Waals surface area (Å²) in [7, 11) is 0. The number of pyridine rings is 1. The van der Waals surface area contributed by atoms with Crippen LogP contribution in [0.1, 0.15) is 86.5 Å². The molecule has 4 aliphatic rings. The van der Waals surface area contributed by atoms with Gasteiger partial charge in [0.05, 0.1) is 11.6 Å². The number of ether oxygens (including phenoxy) is 1. The fourth-order valence-corrected chi connectivity index (χ4v) is 9.87. The lowest BCUT2D eigenvalue weighted by atomic mass is 9.44. The molecule has 3 saturated carbocycles. The lowest BCUT2D eigenvalue weighted by Crippen LogP contribution is -2.69. The Hall–Kier alpha value is -3.18. The molecule has 52 heavy (non-hydrogen) atoms. The molecule has 1 aromatic heterocycles. The molecule has 0 radical (unpaired) electrons. The topological polar surface area (TPSA) is 129 Å². The minimum Gasteiger partial charge on any atom is -0.458 e. The highest BCUT2D eigenvalue weighted by Gasteiger charge is 2.74. The maximum atomic E-state index is 16.9. The molecule has 1 unspecified atom stereocenters. The van der Waals surface area contributed by atoms with Crippen molar-refractivity contribution in [3.05, 3.63) is 59.3 Å². The van der Waals surface area contributed by atoms with Crippen molar-refractivity contribution in [3.8, 4) is 0 Å². The number of allylic oxidation sites excluding steroid dienone is 4. The summed E-state index contributed by atoms with van der Waals surface area (Å²) in [6.07, 6.45) is 8.68. The molecule has 1 aromatic carbocycles. The van der Waals surface area contributed by atoms with E-state index in [0.29, 0.717) is 30.9 Å². The third kappa shape index (κ3) is 7.20. The zero-order chi connectivity index (χ0) is 38.1. The molecule has 284 valence electrons. The molecule has 0 aliphatic heterocycles. The van der Waals surface area contributed by atoms with Crippen LogP contribution in [-0.4, -0.2) is 87.3 Å². The molecule has 1 heterocycles. The Morgan fingerprint density at radius 3 is 2.60 bits per heavy atom. The minimum atomic E-state index is -2.00. The number of nitrogens with one attached hydrogen (secondary N) is 1. The number of esters is 1. The lowest BCUT2D eigenvalue weighted by Gasteiger charge is -2.62. The molecule has 0 saturated heterocycles. The number of halogens is 2. The number of hydrogen-bond acceptors (Lipinski definition) is 9. The van der Waals surface area contributed by atoms with Gasteiger partial charge in [0.1, 0.15) is 5.60 Å². The van der Waals surface area contributed by atoms with Gasteiger partial charge >= 0.3 is 5.97 Å². The highest BCUT2D eigenvalue weighted by molar-refractivity contribution is 6.31. The molecule has 11 heteroatoms. The van der Waals surface area contributed by atoms with Gasteiger partial charge in [-0.2, -0.15) is 0 Å². The number of benzene rings is 1. The summed E-state index contributed by atoms with van der Waals surface area (Å²) in [5.74, 6) is -2.28. The normalized spacial score (nSPS) is 32.6. The SMILES string of the molecule is CC(=O)OCC(=O)[C@@]1(O)CC[C@H]2[C@@H]3CCC4=CC(=O)C=C[C@]4(C)[C@@]3(F)[C@@H](O)C[C@@]21C.CCN(CC)CCCC(C)Nc1ccnc2cc(Cl)ccc12. The van der Waals surface area contributed by atoms with Gasteiger partial charge in [-0.05, 0) is 121 Å². The molecular formula is C41H55ClFN3O6. The fourth-order valence-electron chi connectivity index (χ4n) is 9.71. The Morgan fingerprint density at radius 2 is 1.90 bits per heavy atom. The van der Waals surface area contributed by atoms with Crippen molar-refractivity contribution in [3.63, 3.8) is 0 Å². The number of nitrogens with zero attached hydrogens (tertiary/aromatic N) is 2. The third-order valence-corrected chi connectivity index (χ3v) is 13.0. The first-order valence-corrected chi connectivity index (χ1v) is 19.1. The van der Waals surface area contributed by atoms with E-state index in [4.69, 9.17) is 16.3 Å². The van der Waals surface area contributed by atoms with Crippen LogP contribution in [0.4, 0.5) is 10.1 Å². The van der Waals surface area contributed by atoms with Gasteiger partial charge in [-0.1, -0.05) is 44.0 Å². The van der Waals surface area contributed by atoms with E-state index in [1.807, 2.05) is 30.5 Å². The van der Waals surface area contributed by atoms with Crippen molar-refractivity contribution < 1.29 is 33.7 Å². The second-order valence-corrected chi connectivity index (χ2v) is 16.0. The number of ketones is 2.